The predicted molar refractivity (Wildman–Crippen MR) is 36.1 cm³/mol. The smallest absolute Gasteiger partial charge is 0.138 e. The van der Waals surface area contributed by atoms with Crippen LogP contribution < -0.4 is 0 Å². The molecule has 0 saturated heterocycles. The maximum atomic E-state index is 9.24. The van der Waals surface area contributed by atoms with Crippen LogP contribution in [-0.4, -0.2) is 23.9 Å². The van der Waals surface area contributed by atoms with Crippen LogP contribution in [0.4, 0.5) is 0 Å². The quantitative estimate of drug-likeness (QED) is 0.550. The molecule has 0 rings (SSSR count). The van der Waals surface area contributed by atoms with E-state index in [0.29, 0.717) is 0 Å². The van der Waals surface area contributed by atoms with E-state index in [-0.39, 0.29) is 0 Å². The van der Waals surface area contributed by atoms with E-state index in [4.69, 9.17) is 0 Å². The molecule has 2 heteroatoms. The fourth-order valence-electron chi connectivity index (χ4n) is 0.224. The summed E-state index contributed by atoms with van der Waals surface area (Å²) in [5.41, 5.74) is 0. The van der Waals surface area contributed by atoms with Crippen molar-refractivity contribution >= 4 is 7.49 Å². The molecule has 0 spiro atoms. The topological polar surface area (TPSA) is 20.2 Å². The zero-order valence-corrected chi connectivity index (χ0v) is 6.20. The molecule has 44 valence electrons. The van der Waals surface area contributed by atoms with Crippen LogP contribution in [0.3, 0.4) is 0 Å². The van der Waals surface area contributed by atoms with Crippen molar-refractivity contribution < 1.29 is 4.89 Å². The Morgan fingerprint density at radius 1 is 1.29 bits per heavy atom. The van der Waals surface area contributed by atoms with E-state index >= 15 is 0 Å². The van der Waals surface area contributed by atoms with Gasteiger partial charge in [-0.25, -0.2) is 0 Å². The van der Waals surface area contributed by atoms with Gasteiger partial charge in [0, 0.05) is 0 Å². The van der Waals surface area contributed by atoms with Crippen LogP contribution in [0.2, 0.25) is 0 Å². The van der Waals surface area contributed by atoms with Crippen LogP contribution in [0.15, 0.2) is 0 Å². The molecule has 0 unspecified atom stereocenters. The van der Waals surface area contributed by atoms with Crippen molar-refractivity contribution in [1.82, 2.24) is 0 Å². The zero-order chi connectivity index (χ0) is 5.91. The Hall–Kier alpha value is 0.390. The highest BCUT2D eigenvalue weighted by Crippen LogP contribution is 2.48. The van der Waals surface area contributed by atoms with E-state index < -0.39 is 7.49 Å². The first-order valence-corrected chi connectivity index (χ1v) is 5.25. The second kappa shape index (κ2) is 2.64. The lowest BCUT2D eigenvalue weighted by Gasteiger charge is -2.07. The van der Waals surface area contributed by atoms with Crippen molar-refractivity contribution in [2.24, 2.45) is 0 Å². The highest BCUT2D eigenvalue weighted by molar-refractivity contribution is 7.69. The van der Waals surface area contributed by atoms with Gasteiger partial charge in [-0.1, -0.05) is 0 Å². The van der Waals surface area contributed by atoms with Gasteiger partial charge in [-0.3, -0.25) is 4.89 Å². The summed E-state index contributed by atoms with van der Waals surface area (Å²) in [4.78, 5) is 9.24. The molecule has 0 aromatic rings. The molecule has 0 atom stereocenters. The average molecular weight is 121 g/mol. The average Bonchev–Trinajstić information content (AvgIpc) is 1.68. The maximum Gasteiger partial charge on any atom is 0.138 e. The van der Waals surface area contributed by atoms with Gasteiger partial charge in [0.2, 0.25) is 0 Å². The minimum Gasteiger partial charge on any atom is -0.252 e. The van der Waals surface area contributed by atoms with Gasteiger partial charge in [0.15, 0.2) is 0 Å². The minimum atomic E-state index is -1.40. The molecule has 0 aromatic heterocycles. The van der Waals surface area contributed by atoms with Crippen LogP contribution in [0.5, 0.6) is 0 Å². The van der Waals surface area contributed by atoms with Crippen LogP contribution in [0.1, 0.15) is 13.8 Å². The van der Waals surface area contributed by atoms with E-state index in [1.807, 2.05) is 20.5 Å². The first-order valence-electron chi connectivity index (χ1n) is 2.69. The maximum absolute atomic E-state index is 9.24. The molecule has 0 saturated carbocycles. The Bertz CT molecular complexity index is 46.0. The molecule has 0 aliphatic rings. The van der Waals surface area contributed by atoms with Gasteiger partial charge in [0.1, 0.15) is 7.49 Å². The third-order valence-corrected chi connectivity index (χ3v) is 4.09. The number of rotatable bonds is 2. The van der Waals surface area contributed by atoms with Crippen LogP contribution in [0.25, 0.3) is 0 Å². The van der Waals surface area contributed by atoms with Gasteiger partial charge in [0.05, 0.1) is 19.0 Å². The van der Waals surface area contributed by atoms with Crippen molar-refractivity contribution in [2.75, 3.05) is 19.0 Å². The van der Waals surface area contributed by atoms with Gasteiger partial charge in [-0.2, -0.15) is 0 Å². The SMILES string of the molecule is CC[P+](C)(O)CC. The van der Waals surface area contributed by atoms with Crippen LogP contribution >= 0.6 is 7.49 Å². The second-order valence-corrected chi connectivity index (χ2v) is 5.91. The van der Waals surface area contributed by atoms with Gasteiger partial charge in [0.25, 0.3) is 0 Å². The van der Waals surface area contributed by atoms with E-state index in [2.05, 4.69) is 0 Å². The van der Waals surface area contributed by atoms with Gasteiger partial charge in [-0.15, -0.1) is 0 Å². The Labute approximate surface area is 46.2 Å². The summed E-state index contributed by atoms with van der Waals surface area (Å²) in [5, 5.41) is 0. The van der Waals surface area contributed by atoms with Gasteiger partial charge >= 0.3 is 0 Å². The van der Waals surface area contributed by atoms with Crippen LogP contribution in [-0.2, 0) is 0 Å². The number of hydrogen-bond donors (Lipinski definition) is 1. The van der Waals surface area contributed by atoms with Crippen molar-refractivity contribution in [1.29, 1.82) is 0 Å². The lowest BCUT2D eigenvalue weighted by molar-refractivity contribution is 0.607. The van der Waals surface area contributed by atoms with E-state index in [0.717, 1.165) is 12.3 Å². The Kier molecular flexibility index (Phi) is 2.78. The van der Waals surface area contributed by atoms with Crippen molar-refractivity contribution in [3.8, 4) is 0 Å². The van der Waals surface area contributed by atoms with E-state index in [1.165, 1.54) is 0 Å². The summed E-state index contributed by atoms with van der Waals surface area (Å²) >= 11 is 0. The minimum absolute atomic E-state index is 0.962. The highest BCUT2D eigenvalue weighted by atomic mass is 31.2. The standard InChI is InChI=1S/C5H14OP/c1-4-7(3,6)5-2/h6H,4-5H2,1-3H3/q+1. The largest absolute Gasteiger partial charge is 0.252 e. The first kappa shape index (κ1) is 7.39. The monoisotopic (exact) mass is 121 g/mol. The highest BCUT2D eigenvalue weighted by Gasteiger charge is 2.21. The molecule has 0 fully saturated rings. The Morgan fingerprint density at radius 2 is 1.57 bits per heavy atom. The third-order valence-electron chi connectivity index (χ3n) is 1.36. The summed E-state index contributed by atoms with van der Waals surface area (Å²) in [6.45, 7) is 6.04. The molecule has 7 heavy (non-hydrogen) atoms. The molecule has 1 nitrogen and oxygen atoms in total. The summed E-state index contributed by atoms with van der Waals surface area (Å²) in [6.07, 6.45) is 1.92. The molecular formula is C5H14OP+. The summed E-state index contributed by atoms with van der Waals surface area (Å²) in [6, 6.07) is 0. The molecule has 0 aliphatic heterocycles. The molecule has 0 aromatic carbocycles. The zero-order valence-electron chi connectivity index (χ0n) is 5.31. The molecule has 1 N–H and O–H groups in total. The molecule has 0 amide bonds. The van der Waals surface area contributed by atoms with Gasteiger partial charge < -0.3 is 0 Å². The predicted octanol–water partition coefficient (Wildman–Crippen LogP) is 1.58. The fourth-order valence-corrected chi connectivity index (χ4v) is 0.671. The Morgan fingerprint density at radius 3 is 1.57 bits per heavy atom. The molecule has 0 heterocycles. The molecular weight excluding hydrogens is 107 g/mol. The summed E-state index contributed by atoms with van der Waals surface area (Å²) in [5.74, 6) is 0. The summed E-state index contributed by atoms with van der Waals surface area (Å²) in [7, 11) is -1.40. The summed E-state index contributed by atoms with van der Waals surface area (Å²) < 4.78 is 0. The van der Waals surface area contributed by atoms with Crippen molar-refractivity contribution in [3.05, 3.63) is 0 Å². The first-order chi connectivity index (χ1) is 3.12. The van der Waals surface area contributed by atoms with E-state index in [9.17, 15) is 4.89 Å². The van der Waals surface area contributed by atoms with Crippen molar-refractivity contribution in [2.45, 2.75) is 13.8 Å². The number of hydrogen-bond acceptors (Lipinski definition) is 1. The van der Waals surface area contributed by atoms with Gasteiger partial charge in [-0.05, 0) is 13.8 Å². The second-order valence-electron chi connectivity index (χ2n) is 1.97. The van der Waals surface area contributed by atoms with Crippen LogP contribution in [0, 0.1) is 0 Å². The van der Waals surface area contributed by atoms with Crippen molar-refractivity contribution in [3.63, 3.8) is 0 Å². The Balaban J connectivity index is 3.36. The lowest BCUT2D eigenvalue weighted by atomic mass is 11.0. The fraction of sp³-hybridized carbons (Fsp3) is 1.00. The molecule has 0 radical (unpaired) electrons. The normalized spacial score (nSPS) is 12.0. The lowest BCUT2D eigenvalue weighted by Crippen LogP contribution is -1.93. The third kappa shape index (κ3) is 3.02. The molecule has 0 bridgehead atoms. The molecule has 0 aliphatic carbocycles. The van der Waals surface area contributed by atoms with E-state index in [1.54, 1.807) is 0 Å².